The Bertz CT molecular complexity index is 1330. The molecule has 0 aliphatic carbocycles. The normalized spacial score (nSPS) is 15.7. The van der Waals surface area contributed by atoms with Gasteiger partial charge < -0.3 is 29.6 Å². The van der Waals surface area contributed by atoms with E-state index in [1.54, 1.807) is 24.3 Å². The van der Waals surface area contributed by atoms with Crippen molar-refractivity contribution in [3.63, 3.8) is 0 Å². The lowest BCUT2D eigenvalue weighted by Crippen LogP contribution is -2.14. The maximum atomic E-state index is 11.9. The molecule has 0 saturated carbocycles. The lowest BCUT2D eigenvalue weighted by atomic mass is 9.97. The Morgan fingerprint density at radius 3 is 1.88 bits per heavy atom. The van der Waals surface area contributed by atoms with Crippen molar-refractivity contribution in [3.8, 4) is 0 Å². The van der Waals surface area contributed by atoms with E-state index in [0.29, 0.717) is 29.1 Å². The Kier molecular flexibility index (Phi) is 10.4. The Morgan fingerprint density at radius 2 is 1.40 bits per heavy atom. The number of esters is 2. The van der Waals surface area contributed by atoms with Gasteiger partial charge in [-0.15, -0.1) is 0 Å². The van der Waals surface area contributed by atoms with Gasteiger partial charge in [-0.1, -0.05) is 0 Å². The molecule has 2 aromatic carbocycles. The molecule has 0 radical (unpaired) electrons. The number of carbonyl (C=O) groups excluding carboxylic acids is 4. The highest BCUT2D eigenvalue weighted by atomic mass is 16.5. The van der Waals surface area contributed by atoms with E-state index < -0.39 is 11.9 Å². The van der Waals surface area contributed by atoms with Crippen molar-refractivity contribution < 1.29 is 38.1 Å². The molecule has 0 bridgehead atoms. The fourth-order valence-electron chi connectivity index (χ4n) is 4.62. The number of ether oxygens (including phenoxy) is 4. The molecular weight excluding hydrogens is 516 g/mol. The molecule has 10 nitrogen and oxygen atoms in total. The van der Waals surface area contributed by atoms with Crippen LogP contribution in [0.2, 0.25) is 0 Å². The first kappa shape index (κ1) is 30.4. The molecule has 1 atom stereocenters. The van der Waals surface area contributed by atoms with E-state index in [1.807, 2.05) is 19.9 Å². The van der Waals surface area contributed by atoms with Crippen LogP contribution in [0.5, 0.6) is 0 Å². The van der Waals surface area contributed by atoms with Crippen LogP contribution in [0.1, 0.15) is 82.2 Å². The first-order chi connectivity index (χ1) is 19.0. The third-order valence-electron chi connectivity index (χ3n) is 6.45. The summed E-state index contributed by atoms with van der Waals surface area (Å²) >= 11 is 0. The number of amides is 2. The first-order valence-electron chi connectivity index (χ1n) is 13.0. The van der Waals surface area contributed by atoms with Crippen molar-refractivity contribution in [1.29, 1.82) is 0 Å². The van der Waals surface area contributed by atoms with Gasteiger partial charge in [0, 0.05) is 32.4 Å². The Hall–Kier alpha value is -4.18. The maximum absolute atomic E-state index is 11.9. The van der Waals surface area contributed by atoms with Crippen LogP contribution in [0.15, 0.2) is 30.3 Å². The summed E-state index contributed by atoms with van der Waals surface area (Å²) in [6.07, 6.45) is 4.83. The molecule has 1 unspecified atom stereocenters. The fourth-order valence-corrected chi connectivity index (χ4v) is 4.62. The van der Waals surface area contributed by atoms with E-state index in [4.69, 9.17) is 18.9 Å². The van der Waals surface area contributed by atoms with Crippen molar-refractivity contribution in [2.45, 2.75) is 53.1 Å². The highest BCUT2D eigenvalue weighted by Gasteiger charge is 2.24. The number of hydrogen-bond donors (Lipinski definition) is 2. The number of carbonyl (C=O) groups is 4. The van der Waals surface area contributed by atoms with E-state index in [1.165, 1.54) is 28.1 Å². The molecule has 2 amide bonds. The molecule has 40 heavy (non-hydrogen) atoms. The standard InChI is InChI=1S/C15H19NO4.C15H17NO4/c2*1-9-7-13(16-10(2)17)12(15(18)19-3)8-11(9)14-5-4-6-20-14/h7-8,14H,4-6H2,1-3H3,(H,16,17);5,7-8H,4,6H2,1-3H3,(H,16,17). The predicted molar refractivity (Wildman–Crippen MR) is 150 cm³/mol. The van der Waals surface area contributed by atoms with Crippen molar-refractivity contribution in [2.24, 2.45) is 0 Å². The molecule has 2 aliphatic heterocycles. The summed E-state index contributed by atoms with van der Waals surface area (Å²) in [7, 11) is 2.64. The number of aryl methyl sites for hydroxylation is 2. The van der Waals surface area contributed by atoms with Crippen molar-refractivity contribution in [2.75, 3.05) is 38.1 Å². The molecule has 2 aliphatic rings. The Labute approximate surface area is 234 Å². The van der Waals surface area contributed by atoms with E-state index in [9.17, 15) is 19.2 Å². The quantitative estimate of drug-likeness (QED) is 0.474. The minimum absolute atomic E-state index is 0.0183. The van der Waals surface area contributed by atoms with Crippen molar-refractivity contribution in [1.82, 2.24) is 0 Å². The fraction of sp³-hybridized carbons (Fsp3) is 0.400. The average molecular weight is 553 g/mol. The van der Waals surface area contributed by atoms with Crippen LogP contribution in [0, 0.1) is 13.8 Å². The van der Waals surface area contributed by atoms with Crippen LogP contribution in [-0.2, 0) is 28.5 Å². The number of benzene rings is 2. The molecule has 2 N–H and O–H groups in total. The number of methoxy groups -OCH3 is 2. The molecule has 1 fully saturated rings. The summed E-state index contributed by atoms with van der Waals surface area (Å²) in [4.78, 5) is 46.2. The second kappa shape index (κ2) is 13.7. The lowest BCUT2D eigenvalue weighted by molar-refractivity contribution is -0.115. The van der Waals surface area contributed by atoms with Gasteiger partial charge in [0.05, 0.1) is 49.4 Å². The predicted octanol–water partition coefficient (Wildman–Crippen LogP) is 5.09. The zero-order valence-electron chi connectivity index (χ0n) is 23.8. The number of hydrogen-bond acceptors (Lipinski definition) is 8. The monoisotopic (exact) mass is 552 g/mol. The summed E-state index contributed by atoms with van der Waals surface area (Å²) in [5.74, 6) is -0.651. The van der Waals surface area contributed by atoms with Crippen LogP contribution in [0.3, 0.4) is 0 Å². The van der Waals surface area contributed by atoms with Gasteiger partial charge >= 0.3 is 11.9 Å². The van der Waals surface area contributed by atoms with Gasteiger partial charge in [-0.3, -0.25) is 9.59 Å². The van der Waals surface area contributed by atoms with Gasteiger partial charge in [0.15, 0.2) is 0 Å². The summed E-state index contributed by atoms with van der Waals surface area (Å²) in [6, 6.07) is 7.02. The average Bonchev–Trinajstić information content (AvgIpc) is 3.63. The molecule has 0 aromatic heterocycles. The van der Waals surface area contributed by atoms with Crippen LogP contribution < -0.4 is 10.6 Å². The molecule has 0 spiro atoms. The van der Waals surface area contributed by atoms with Gasteiger partial charge in [0.2, 0.25) is 11.8 Å². The Morgan fingerprint density at radius 1 is 0.825 bits per heavy atom. The largest absolute Gasteiger partial charge is 0.493 e. The number of nitrogens with one attached hydrogen (secondary N) is 2. The summed E-state index contributed by atoms with van der Waals surface area (Å²) < 4.78 is 20.8. The molecule has 2 aromatic rings. The van der Waals surface area contributed by atoms with E-state index >= 15 is 0 Å². The lowest BCUT2D eigenvalue weighted by Gasteiger charge is -2.17. The molecular formula is C30H36N2O8. The topological polar surface area (TPSA) is 129 Å². The number of rotatable bonds is 6. The van der Waals surface area contributed by atoms with Gasteiger partial charge in [-0.25, -0.2) is 9.59 Å². The van der Waals surface area contributed by atoms with Gasteiger partial charge in [0.1, 0.15) is 5.76 Å². The van der Waals surface area contributed by atoms with Gasteiger partial charge in [0.25, 0.3) is 0 Å². The summed E-state index contributed by atoms with van der Waals surface area (Å²) in [5, 5.41) is 5.31. The summed E-state index contributed by atoms with van der Waals surface area (Å²) in [5.41, 5.74) is 5.35. The SMILES string of the molecule is COC(=O)c1cc(C2=CCCO2)c(C)cc1NC(C)=O.COC(=O)c1cc(C2CCCO2)c(C)cc1NC(C)=O. The smallest absolute Gasteiger partial charge is 0.339 e. The minimum Gasteiger partial charge on any atom is -0.493 e. The van der Waals surface area contributed by atoms with Gasteiger partial charge in [-0.05, 0) is 73.7 Å². The molecule has 1 saturated heterocycles. The highest BCUT2D eigenvalue weighted by Crippen LogP contribution is 2.34. The van der Waals surface area contributed by atoms with Crippen LogP contribution >= 0.6 is 0 Å². The molecule has 2 heterocycles. The number of anilines is 2. The molecule has 4 rings (SSSR count). The third kappa shape index (κ3) is 7.47. The van der Waals surface area contributed by atoms with Crippen molar-refractivity contribution in [3.05, 3.63) is 63.7 Å². The van der Waals surface area contributed by atoms with Crippen molar-refractivity contribution >= 4 is 40.9 Å². The first-order valence-corrected chi connectivity index (χ1v) is 13.0. The van der Waals surface area contributed by atoms with E-state index in [-0.39, 0.29) is 17.9 Å². The molecule has 214 valence electrons. The molecule has 10 heteroatoms. The van der Waals surface area contributed by atoms with E-state index in [2.05, 4.69) is 10.6 Å². The van der Waals surface area contributed by atoms with Gasteiger partial charge in [-0.2, -0.15) is 0 Å². The Balaban J connectivity index is 0.000000220. The minimum atomic E-state index is -0.492. The second-order valence-electron chi connectivity index (χ2n) is 9.52. The third-order valence-corrected chi connectivity index (χ3v) is 6.45. The summed E-state index contributed by atoms with van der Waals surface area (Å²) in [6.45, 7) is 8.05. The maximum Gasteiger partial charge on any atom is 0.339 e. The zero-order valence-corrected chi connectivity index (χ0v) is 23.8. The van der Waals surface area contributed by atoms with Crippen LogP contribution in [-0.4, -0.2) is 51.2 Å². The van der Waals surface area contributed by atoms with E-state index in [0.717, 1.165) is 53.9 Å². The van der Waals surface area contributed by atoms with Crippen LogP contribution in [0.4, 0.5) is 11.4 Å². The highest BCUT2D eigenvalue weighted by molar-refractivity contribution is 6.02. The van der Waals surface area contributed by atoms with Crippen LogP contribution in [0.25, 0.3) is 5.76 Å². The second-order valence-corrected chi connectivity index (χ2v) is 9.52. The zero-order chi connectivity index (χ0) is 29.4.